The number of hydrogen-bond donors (Lipinski definition) is 2. The Morgan fingerprint density at radius 2 is 1.63 bits per heavy atom. The predicted molar refractivity (Wildman–Crippen MR) is 162 cm³/mol. The lowest BCUT2D eigenvalue weighted by atomic mass is 9.25. The van der Waals surface area contributed by atoms with E-state index in [4.69, 9.17) is 4.74 Å². The Labute approximate surface area is 250 Å². The van der Waals surface area contributed by atoms with Gasteiger partial charge < -0.3 is 14.9 Å². The molecule has 2 bridgehead atoms. The van der Waals surface area contributed by atoms with Gasteiger partial charge in [0.15, 0.2) is 5.79 Å². The molecule has 232 valence electrons. The summed E-state index contributed by atoms with van der Waals surface area (Å²) in [6, 6.07) is 0. The maximum Gasteiger partial charge on any atom is 0.309 e. The number of hydrogen-bond acceptors (Lipinski definition) is 3. The van der Waals surface area contributed by atoms with Gasteiger partial charge >= 0.3 is 5.97 Å². The molecule has 0 amide bonds. The minimum Gasteiger partial charge on any atom is -0.481 e. The molecule has 0 aromatic rings. The third-order valence-corrected chi connectivity index (χ3v) is 17.0. The molecule has 4 heteroatoms. The van der Waals surface area contributed by atoms with E-state index >= 15 is 0 Å². The normalized spacial score (nSPS) is 58.7. The molecule has 7 fully saturated rings. The van der Waals surface area contributed by atoms with Gasteiger partial charge in [-0.2, -0.15) is 0 Å². The summed E-state index contributed by atoms with van der Waals surface area (Å²) in [6.45, 7) is 15.5. The highest BCUT2D eigenvalue weighted by Crippen LogP contribution is 2.83. The first kappa shape index (κ1) is 29.1. The average Bonchev–Trinajstić information content (AvgIpc) is 3.07. The van der Waals surface area contributed by atoms with Gasteiger partial charge in [0.2, 0.25) is 0 Å². The van der Waals surface area contributed by atoms with Crippen LogP contribution in [0.3, 0.4) is 0 Å². The van der Waals surface area contributed by atoms with Crippen molar-refractivity contribution in [2.75, 3.05) is 6.61 Å². The number of carboxylic acid groups (broad SMARTS) is 1. The zero-order valence-corrected chi connectivity index (χ0v) is 27.2. The summed E-state index contributed by atoms with van der Waals surface area (Å²) < 4.78 is 6.37. The molecule has 6 saturated carbocycles. The molecule has 41 heavy (non-hydrogen) atoms. The van der Waals surface area contributed by atoms with Gasteiger partial charge in [0.1, 0.15) is 0 Å². The minimum atomic E-state index is -0.908. The second-order valence-corrected chi connectivity index (χ2v) is 18.1. The van der Waals surface area contributed by atoms with Crippen molar-refractivity contribution < 1.29 is 19.7 Å². The van der Waals surface area contributed by atoms with Crippen LogP contribution in [0.5, 0.6) is 0 Å². The van der Waals surface area contributed by atoms with Gasteiger partial charge in [-0.25, -0.2) is 0 Å². The molecular formula is C37H60O4. The second kappa shape index (κ2) is 8.98. The number of aliphatic hydroxyl groups is 1. The third-order valence-electron chi connectivity index (χ3n) is 17.0. The lowest BCUT2D eigenvalue weighted by Crippen LogP contribution is -2.73. The maximum atomic E-state index is 12.8. The number of carbonyl (C=O) groups is 1. The lowest BCUT2D eigenvalue weighted by Gasteiger charge is -2.79. The van der Waals surface area contributed by atoms with Crippen LogP contribution in [0.2, 0.25) is 0 Å². The number of aliphatic carboxylic acids is 1. The molecule has 6 aliphatic carbocycles. The first-order valence-electron chi connectivity index (χ1n) is 17.8. The van der Waals surface area contributed by atoms with E-state index in [1.807, 2.05) is 0 Å². The lowest BCUT2D eigenvalue weighted by molar-refractivity contribution is -0.313. The van der Waals surface area contributed by atoms with Gasteiger partial charge in [-0.05, 0) is 129 Å². The smallest absolute Gasteiger partial charge is 0.309 e. The Morgan fingerprint density at radius 1 is 0.878 bits per heavy atom. The van der Waals surface area contributed by atoms with E-state index in [-0.39, 0.29) is 27.6 Å². The van der Waals surface area contributed by atoms with Crippen molar-refractivity contribution in [3.05, 3.63) is 0 Å². The molecule has 1 aliphatic heterocycles. The SMILES string of the molecule is CCCCCC[C@@]12C[C@@H]3CC[C@H]4C[C@]5(O)OC[C@@]6(CC[C@@H]([C@]3(C)[C@H]46)[C@@]1(C)CC[C@@]1(C)CC[C@@](C)(C(=O)O)C[C@H]12)[C@H]5C. The zero-order chi connectivity index (χ0) is 29.3. The van der Waals surface area contributed by atoms with Crippen molar-refractivity contribution in [3.8, 4) is 0 Å². The minimum absolute atomic E-state index is 0.134. The summed E-state index contributed by atoms with van der Waals surface area (Å²) in [5.41, 5.74) is 0.614. The van der Waals surface area contributed by atoms with E-state index < -0.39 is 17.2 Å². The van der Waals surface area contributed by atoms with Crippen LogP contribution in [0.1, 0.15) is 144 Å². The van der Waals surface area contributed by atoms with Gasteiger partial charge in [0, 0.05) is 17.8 Å². The van der Waals surface area contributed by atoms with E-state index in [0.717, 1.165) is 32.3 Å². The highest BCUT2D eigenvalue weighted by molar-refractivity contribution is 5.74. The van der Waals surface area contributed by atoms with Crippen LogP contribution >= 0.6 is 0 Å². The van der Waals surface area contributed by atoms with E-state index in [2.05, 4.69) is 41.5 Å². The van der Waals surface area contributed by atoms with Gasteiger partial charge in [-0.3, -0.25) is 4.79 Å². The highest BCUT2D eigenvalue weighted by atomic mass is 16.6. The fourth-order valence-electron chi connectivity index (χ4n) is 14.7. The zero-order valence-electron chi connectivity index (χ0n) is 27.2. The standard InChI is InChI=1S/C37H60O4/c1-7-8-9-10-14-36-21-26-12-11-25-20-37(40)24(2)35(23-41-37)15-13-27(34(26,6)29(25)35)33(36,5)19-18-31(3)16-17-32(4,30(38)39)22-28(31)36/h24-29,40H,7-23H2,1-6H3,(H,38,39)/t24-,25+,26+,27-,28-,29+,31-,32-,33-,34-,35+,36+,37+/m1/s1. The van der Waals surface area contributed by atoms with E-state index in [0.29, 0.717) is 35.0 Å². The van der Waals surface area contributed by atoms with Gasteiger partial charge in [-0.15, -0.1) is 0 Å². The van der Waals surface area contributed by atoms with Crippen LogP contribution in [0.15, 0.2) is 0 Å². The molecule has 1 saturated heterocycles. The van der Waals surface area contributed by atoms with E-state index in [1.54, 1.807) is 0 Å². The molecule has 0 aromatic carbocycles. The quantitative estimate of drug-likeness (QED) is 0.314. The summed E-state index contributed by atoms with van der Waals surface area (Å²) in [6.07, 6.45) is 19.1. The molecule has 1 spiro atoms. The second-order valence-electron chi connectivity index (χ2n) is 18.1. The monoisotopic (exact) mass is 568 g/mol. The number of ether oxygens (including phenoxy) is 1. The first-order valence-corrected chi connectivity index (χ1v) is 17.8. The molecule has 4 nitrogen and oxygen atoms in total. The predicted octanol–water partition coefficient (Wildman–Crippen LogP) is 8.85. The molecule has 0 aromatic heterocycles. The Balaban J connectivity index is 1.35. The fourth-order valence-corrected chi connectivity index (χ4v) is 14.7. The third kappa shape index (κ3) is 3.45. The Hall–Kier alpha value is -0.610. The van der Waals surface area contributed by atoms with Crippen LogP contribution in [0, 0.1) is 68.0 Å². The van der Waals surface area contributed by atoms with Crippen LogP contribution in [-0.4, -0.2) is 28.6 Å². The number of carboxylic acids is 1. The maximum absolute atomic E-state index is 12.8. The number of fused-ring (bicyclic) bond motifs is 5. The van der Waals surface area contributed by atoms with Crippen LogP contribution in [0.25, 0.3) is 0 Å². The number of unbranched alkanes of at least 4 members (excludes halogenated alkanes) is 3. The summed E-state index contributed by atoms with van der Waals surface area (Å²) in [5.74, 6) is 1.92. The highest BCUT2D eigenvalue weighted by Gasteiger charge is 2.78. The van der Waals surface area contributed by atoms with Gasteiger partial charge in [0.05, 0.1) is 12.0 Å². The Bertz CT molecular complexity index is 1090. The first-order chi connectivity index (χ1) is 19.2. The number of rotatable bonds is 6. The summed E-state index contributed by atoms with van der Waals surface area (Å²) in [5, 5.41) is 22.1. The molecule has 13 atom stereocenters. The van der Waals surface area contributed by atoms with Crippen molar-refractivity contribution in [2.45, 2.75) is 150 Å². The summed E-state index contributed by atoms with van der Waals surface area (Å²) in [4.78, 5) is 12.8. The Kier molecular flexibility index (Phi) is 6.38. The molecule has 7 aliphatic rings. The Morgan fingerprint density at radius 3 is 2.37 bits per heavy atom. The van der Waals surface area contributed by atoms with Gasteiger partial charge in [0.25, 0.3) is 0 Å². The van der Waals surface area contributed by atoms with Crippen molar-refractivity contribution >= 4 is 5.97 Å². The molecular weight excluding hydrogens is 508 g/mol. The summed E-state index contributed by atoms with van der Waals surface area (Å²) >= 11 is 0. The average molecular weight is 569 g/mol. The molecule has 0 unspecified atom stereocenters. The van der Waals surface area contributed by atoms with Crippen LogP contribution < -0.4 is 0 Å². The van der Waals surface area contributed by atoms with Crippen LogP contribution in [0.4, 0.5) is 0 Å². The molecule has 1 heterocycles. The topological polar surface area (TPSA) is 66.8 Å². The van der Waals surface area contributed by atoms with E-state index in [9.17, 15) is 15.0 Å². The fraction of sp³-hybridized carbons (Fsp3) is 0.973. The van der Waals surface area contributed by atoms with E-state index in [1.165, 1.54) is 77.0 Å². The van der Waals surface area contributed by atoms with Crippen molar-refractivity contribution in [3.63, 3.8) is 0 Å². The largest absolute Gasteiger partial charge is 0.481 e. The molecule has 7 rings (SSSR count). The van der Waals surface area contributed by atoms with Crippen molar-refractivity contribution in [1.82, 2.24) is 0 Å². The molecule has 0 radical (unpaired) electrons. The summed E-state index contributed by atoms with van der Waals surface area (Å²) in [7, 11) is 0. The molecule has 2 N–H and O–H groups in total. The van der Waals surface area contributed by atoms with Crippen LogP contribution in [-0.2, 0) is 9.53 Å². The van der Waals surface area contributed by atoms with Crippen molar-refractivity contribution in [2.24, 2.45) is 68.0 Å². The van der Waals surface area contributed by atoms with Crippen molar-refractivity contribution in [1.29, 1.82) is 0 Å². The van der Waals surface area contributed by atoms with Gasteiger partial charge in [-0.1, -0.05) is 60.3 Å².